The highest BCUT2D eigenvalue weighted by Gasteiger charge is 2.35. The first-order valence-electron chi connectivity index (χ1n) is 15.4. The third-order valence-corrected chi connectivity index (χ3v) is 8.77. The van der Waals surface area contributed by atoms with E-state index < -0.39 is 23.7 Å². The van der Waals surface area contributed by atoms with Crippen molar-refractivity contribution in [2.24, 2.45) is 0 Å². The normalized spacial score (nSPS) is 17.3. The summed E-state index contributed by atoms with van der Waals surface area (Å²) in [5.41, 5.74) is 3.15. The Hall–Kier alpha value is -4.71. The summed E-state index contributed by atoms with van der Waals surface area (Å²) in [5.74, 6) is 0.0103. The number of nitrogens with one attached hydrogen (secondary N) is 3. The van der Waals surface area contributed by atoms with Crippen LogP contribution in [0.15, 0.2) is 60.8 Å². The summed E-state index contributed by atoms with van der Waals surface area (Å²) in [6, 6.07) is 13.3. The lowest BCUT2D eigenvalue weighted by molar-refractivity contribution is -0.137. The van der Waals surface area contributed by atoms with Gasteiger partial charge in [0.05, 0.1) is 17.1 Å². The van der Waals surface area contributed by atoms with Crippen LogP contribution in [0.3, 0.4) is 0 Å². The smallest absolute Gasteiger partial charge is 0.353 e. The molecule has 1 atom stereocenters. The van der Waals surface area contributed by atoms with Crippen molar-refractivity contribution in [1.29, 1.82) is 0 Å². The lowest BCUT2D eigenvalue weighted by Crippen LogP contribution is -2.33. The van der Waals surface area contributed by atoms with Crippen molar-refractivity contribution in [1.82, 2.24) is 25.1 Å². The van der Waals surface area contributed by atoms with Crippen molar-refractivity contribution < 1.29 is 22.8 Å². The fourth-order valence-electron chi connectivity index (χ4n) is 6.10. The number of carbonyl (C=O) groups excluding carboxylic acids is 2. The summed E-state index contributed by atoms with van der Waals surface area (Å²) >= 11 is 0. The minimum Gasteiger partial charge on any atom is -0.353 e. The average Bonchev–Trinajstić information content (AvgIpc) is 3.38. The molecular formula is C34H36F3N7O2. The maximum absolute atomic E-state index is 13.6. The van der Waals surface area contributed by atoms with Gasteiger partial charge in [0.25, 0.3) is 5.91 Å². The molecule has 3 N–H and O–H groups in total. The molecule has 0 aliphatic carbocycles. The van der Waals surface area contributed by atoms with Crippen LogP contribution >= 0.6 is 0 Å². The third-order valence-electron chi connectivity index (χ3n) is 8.77. The number of likely N-dealkylation sites (tertiary alicyclic amines) is 1. The number of amides is 3. The number of aryl methyl sites for hydroxylation is 1. The van der Waals surface area contributed by atoms with Crippen molar-refractivity contribution in [3.05, 3.63) is 83.0 Å². The third kappa shape index (κ3) is 6.76. The quantitative estimate of drug-likeness (QED) is 0.206. The van der Waals surface area contributed by atoms with Gasteiger partial charge in [0.15, 0.2) is 0 Å². The van der Waals surface area contributed by atoms with E-state index in [0.717, 1.165) is 65.9 Å². The van der Waals surface area contributed by atoms with Crippen molar-refractivity contribution in [2.75, 3.05) is 50.4 Å². The summed E-state index contributed by atoms with van der Waals surface area (Å²) < 4.78 is 40.8. The predicted octanol–water partition coefficient (Wildman–Crippen LogP) is 6.47. The van der Waals surface area contributed by atoms with Gasteiger partial charge >= 0.3 is 12.2 Å². The van der Waals surface area contributed by atoms with Crippen LogP contribution in [0.2, 0.25) is 0 Å². The predicted molar refractivity (Wildman–Crippen MR) is 172 cm³/mol. The first kappa shape index (κ1) is 31.3. The number of halogens is 3. The molecule has 3 heterocycles. The molecule has 3 amide bonds. The highest BCUT2D eigenvalue weighted by atomic mass is 19.4. The van der Waals surface area contributed by atoms with E-state index in [4.69, 9.17) is 0 Å². The van der Waals surface area contributed by atoms with Crippen LogP contribution in [0, 0.1) is 6.92 Å². The van der Waals surface area contributed by atoms with Crippen molar-refractivity contribution in [3.63, 3.8) is 0 Å². The lowest BCUT2D eigenvalue weighted by atomic mass is 9.96. The molecule has 12 heteroatoms. The Morgan fingerprint density at radius 3 is 2.59 bits per heavy atom. The Morgan fingerprint density at radius 2 is 1.85 bits per heavy atom. The number of alkyl halides is 3. The maximum Gasteiger partial charge on any atom is 0.416 e. The molecule has 3 aromatic carbocycles. The van der Waals surface area contributed by atoms with Gasteiger partial charge in [-0.1, -0.05) is 24.6 Å². The van der Waals surface area contributed by atoms with Gasteiger partial charge in [-0.2, -0.15) is 13.2 Å². The first-order valence-corrected chi connectivity index (χ1v) is 15.4. The monoisotopic (exact) mass is 631 g/mol. The SMILES string of the molecule is Cc1ccc(C(=O)Nc2cc(C(F)(F)F)ccc2C2CNC(=O)N2C)cc1-c1ccc2nc(NCCN3CCCCC3)ncc2c1. The van der Waals surface area contributed by atoms with Gasteiger partial charge in [0.1, 0.15) is 0 Å². The van der Waals surface area contributed by atoms with Crippen LogP contribution in [0.4, 0.5) is 29.6 Å². The Kier molecular flexibility index (Phi) is 8.81. The number of benzene rings is 3. The van der Waals surface area contributed by atoms with Crippen molar-refractivity contribution in [2.45, 2.75) is 38.4 Å². The molecule has 240 valence electrons. The largest absolute Gasteiger partial charge is 0.416 e. The fraction of sp³-hybridized carbons (Fsp3) is 0.353. The molecule has 0 spiro atoms. The number of fused-ring (bicyclic) bond motifs is 1. The summed E-state index contributed by atoms with van der Waals surface area (Å²) in [4.78, 5) is 38.6. The van der Waals surface area contributed by atoms with Gasteiger partial charge in [-0.25, -0.2) is 14.8 Å². The van der Waals surface area contributed by atoms with Gasteiger partial charge in [0, 0.05) is 55.1 Å². The zero-order valence-electron chi connectivity index (χ0n) is 25.7. The van der Waals surface area contributed by atoms with E-state index in [1.54, 1.807) is 31.4 Å². The number of nitrogens with zero attached hydrogens (tertiary/aromatic N) is 4. The van der Waals surface area contributed by atoms with Crippen molar-refractivity contribution in [3.8, 4) is 11.1 Å². The molecule has 0 saturated carbocycles. The van der Waals surface area contributed by atoms with Crippen molar-refractivity contribution >= 4 is 34.5 Å². The second-order valence-corrected chi connectivity index (χ2v) is 11.9. The second-order valence-electron chi connectivity index (χ2n) is 11.9. The topological polar surface area (TPSA) is 102 Å². The number of urea groups is 1. The summed E-state index contributed by atoms with van der Waals surface area (Å²) in [6.07, 6.45) is 0.970. The number of likely N-dealkylation sites (N-methyl/N-ethyl adjacent to an activating group) is 1. The molecule has 4 aromatic rings. The number of hydrogen-bond acceptors (Lipinski definition) is 6. The number of aromatic nitrogens is 2. The molecule has 2 aliphatic heterocycles. The van der Waals surface area contributed by atoms with Gasteiger partial charge in [-0.3, -0.25) is 4.79 Å². The van der Waals surface area contributed by atoms with E-state index in [1.807, 2.05) is 25.1 Å². The van der Waals surface area contributed by atoms with Crippen LogP contribution in [0.1, 0.15) is 52.4 Å². The molecule has 2 fully saturated rings. The van der Waals surface area contributed by atoms with Gasteiger partial charge in [0.2, 0.25) is 5.95 Å². The minimum atomic E-state index is -4.60. The van der Waals surface area contributed by atoms with Crippen LogP contribution in [0.25, 0.3) is 22.0 Å². The molecule has 0 radical (unpaired) electrons. The molecule has 2 aliphatic rings. The number of anilines is 2. The van der Waals surface area contributed by atoms with E-state index in [-0.39, 0.29) is 23.8 Å². The Labute approximate surface area is 265 Å². The van der Waals surface area contributed by atoms with Gasteiger partial charge in [-0.05, 0) is 85.9 Å². The maximum atomic E-state index is 13.6. The molecule has 2 saturated heterocycles. The molecular weight excluding hydrogens is 595 g/mol. The molecule has 1 unspecified atom stereocenters. The Bertz CT molecular complexity index is 1770. The second kappa shape index (κ2) is 13.0. The zero-order valence-corrected chi connectivity index (χ0v) is 25.7. The summed E-state index contributed by atoms with van der Waals surface area (Å²) in [7, 11) is 1.56. The van der Waals surface area contributed by atoms with Crippen LogP contribution in [0.5, 0.6) is 0 Å². The average molecular weight is 632 g/mol. The highest BCUT2D eigenvalue weighted by molar-refractivity contribution is 6.05. The molecule has 9 nitrogen and oxygen atoms in total. The van der Waals surface area contributed by atoms with E-state index in [0.29, 0.717) is 11.5 Å². The van der Waals surface area contributed by atoms with E-state index >= 15 is 0 Å². The minimum absolute atomic E-state index is 0.00139. The molecule has 1 aromatic heterocycles. The molecule has 46 heavy (non-hydrogen) atoms. The Balaban J connectivity index is 1.22. The van der Waals surface area contributed by atoms with Crippen LogP contribution in [-0.2, 0) is 6.18 Å². The van der Waals surface area contributed by atoms with Gasteiger partial charge < -0.3 is 25.8 Å². The van der Waals surface area contributed by atoms with Crippen LogP contribution in [-0.4, -0.2) is 71.5 Å². The Morgan fingerprint density at radius 1 is 1.04 bits per heavy atom. The highest BCUT2D eigenvalue weighted by Crippen LogP contribution is 2.36. The van der Waals surface area contributed by atoms with E-state index in [2.05, 4.69) is 30.8 Å². The number of rotatable bonds is 8. The molecule has 6 rings (SSSR count). The first-order chi connectivity index (χ1) is 22.1. The lowest BCUT2D eigenvalue weighted by Gasteiger charge is -2.26. The number of piperidine rings is 1. The zero-order chi connectivity index (χ0) is 32.4. The van der Waals surface area contributed by atoms with E-state index in [9.17, 15) is 22.8 Å². The van der Waals surface area contributed by atoms with Gasteiger partial charge in [-0.15, -0.1) is 0 Å². The standard InChI is InChI=1S/C34H36F3N7O2/c1-21-6-7-23(31(45)41-29-18-25(34(35,36)37)9-10-26(29)30-20-40-33(46)43(30)2)17-27(21)22-8-11-28-24(16-22)19-39-32(42-28)38-12-15-44-13-4-3-5-14-44/h6-11,16-19,30H,3-5,12-15,20H2,1-2H3,(H,40,46)(H,41,45)(H,38,39,42). The van der Waals surface area contributed by atoms with Crippen LogP contribution < -0.4 is 16.0 Å². The number of carbonyl (C=O) groups is 2. The fourth-order valence-corrected chi connectivity index (χ4v) is 6.10. The molecule has 0 bridgehead atoms. The van der Waals surface area contributed by atoms with E-state index in [1.165, 1.54) is 30.2 Å². The summed E-state index contributed by atoms with van der Waals surface area (Å²) in [5, 5.41) is 9.53. The summed E-state index contributed by atoms with van der Waals surface area (Å²) in [6.45, 7) is 6.13. The number of hydrogen-bond donors (Lipinski definition) is 3.